The average Bonchev–Trinajstić information content (AvgIpc) is 3.41. The van der Waals surface area contributed by atoms with Gasteiger partial charge in [-0.2, -0.15) is 22.0 Å². The van der Waals surface area contributed by atoms with E-state index in [2.05, 4.69) is 10.3 Å². The topological polar surface area (TPSA) is 112 Å². The lowest BCUT2D eigenvalue weighted by Gasteiger charge is -2.36. The molecule has 0 saturated carbocycles. The van der Waals surface area contributed by atoms with Gasteiger partial charge in [0.15, 0.2) is 11.6 Å². The minimum absolute atomic E-state index is 0.113. The Labute approximate surface area is 298 Å². The maximum atomic E-state index is 14.4. The van der Waals surface area contributed by atoms with Crippen LogP contribution in [0.15, 0.2) is 40.7 Å². The number of rotatable bonds is 11. The molecule has 52 heavy (non-hydrogen) atoms. The van der Waals surface area contributed by atoms with Crippen molar-refractivity contribution in [1.82, 2.24) is 14.5 Å². The lowest BCUT2D eigenvalue weighted by Crippen LogP contribution is -2.49. The molecule has 2 amide bonds. The number of amides is 2. The van der Waals surface area contributed by atoms with Gasteiger partial charge in [-0.15, -0.1) is 0 Å². The Kier molecular flexibility index (Phi) is 11.6. The minimum atomic E-state index is -5.70. The number of aliphatic imine (C=N–C) groups is 1. The highest BCUT2D eigenvalue weighted by molar-refractivity contribution is 7.85. The number of benzene rings is 2. The molecule has 0 bridgehead atoms. The number of hydrogen-bond donors (Lipinski definition) is 2. The second-order valence-corrected chi connectivity index (χ2v) is 14.8. The number of alkyl halides is 6. The molecule has 2 aromatic rings. The van der Waals surface area contributed by atoms with E-state index in [1.807, 2.05) is 13.8 Å². The monoisotopic (exact) mass is 760 g/mol. The number of aliphatic hydroxyl groups is 1. The zero-order chi connectivity index (χ0) is 38.1. The van der Waals surface area contributed by atoms with Gasteiger partial charge in [0.2, 0.25) is 0 Å². The summed E-state index contributed by atoms with van der Waals surface area (Å²) >= 11 is 0. The summed E-state index contributed by atoms with van der Waals surface area (Å²) < 4.78 is 111. The van der Waals surface area contributed by atoms with Crippen LogP contribution in [0.5, 0.6) is 5.75 Å². The summed E-state index contributed by atoms with van der Waals surface area (Å²) in [6, 6.07) is 6.98. The zero-order valence-electron chi connectivity index (χ0n) is 28.5. The molecule has 1 spiro atoms. The van der Waals surface area contributed by atoms with E-state index in [1.165, 1.54) is 17.5 Å². The number of aryl methyl sites for hydroxylation is 2. The molecule has 1 atom stereocenters. The number of piperidine rings is 2. The summed E-state index contributed by atoms with van der Waals surface area (Å²) in [5, 5.41) is 14.3. The van der Waals surface area contributed by atoms with Gasteiger partial charge in [-0.25, -0.2) is 17.3 Å². The molecule has 0 radical (unpaired) electrons. The largest absolute Gasteiger partial charge is 0.490 e. The number of carbonyl (C=O) groups is 2. The predicted octanol–water partition coefficient (Wildman–Crippen LogP) is 5.78. The molecule has 1 unspecified atom stereocenters. The fraction of sp³-hybridized carbons (Fsp3) is 0.514. The molecule has 9 nitrogen and oxygen atoms in total. The fourth-order valence-corrected chi connectivity index (χ4v) is 7.39. The number of carbonyl (C=O) groups excluding carboxylic acids is 2. The van der Waals surface area contributed by atoms with Gasteiger partial charge in [-0.3, -0.25) is 14.6 Å². The number of amidine groups is 1. The van der Waals surface area contributed by atoms with Crippen molar-refractivity contribution in [2.45, 2.75) is 75.6 Å². The summed E-state index contributed by atoms with van der Waals surface area (Å²) in [5.41, 5.74) is 0.502. The quantitative estimate of drug-likeness (QED) is 0.223. The number of nitrogens with zero attached hydrogens (tertiary/aromatic N) is 3. The Morgan fingerprint density at radius 2 is 1.67 bits per heavy atom. The molecular weight excluding hydrogens is 721 g/mol. The molecule has 0 aliphatic carbocycles. The van der Waals surface area contributed by atoms with Crippen LogP contribution >= 0.6 is 0 Å². The molecule has 2 saturated heterocycles. The lowest BCUT2D eigenvalue weighted by molar-refractivity contribution is -0.284. The SMILES string of the molecule is Cc1cc(C(=O)N2CCC(O)(CF)CC2)cc(C)c1/C=C/S(=O)N1CCC2(CC1)N=C(c1ccc(F)c(OCCCC(F)(F)C(F)(F)F)c1)NC2=O. The van der Waals surface area contributed by atoms with Crippen molar-refractivity contribution < 1.29 is 54.4 Å². The highest BCUT2D eigenvalue weighted by Crippen LogP contribution is 2.39. The number of likely N-dealkylation sites (tertiary alicyclic amines) is 1. The number of hydrogen-bond acceptors (Lipinski definition) is 6. The normalized spacial score (nSPS) is 19.9. The highest BCUT2D eigenvalue weighted by atomic mass is 32.2. The maximum absolute atomic E-state index is 14.4. The highest BCUT2D eigenvalue weighted by Gasteiger charge is 2.56. The Bertz CT molecular complexity index is 1740. The van der Waals surface area contributed by atoms with Gasteiger partial charge in [0.05, 0.1) is 12.2 Å². The van der Waals surface area contributed by atoms with Crippen LogP contribution in [0.25, 0.3) is 6.08 Å². The Hall–Kier alpha value is -3.83. The molecule has 3 aliphatic heterocycles. The summed E-state index contributed by atoms with van der Waals surface area (Å²) in [7, 11) is -1.57. The van der Waals surface area contributed by atoms with Gasteiger partial charge in [-0.05, 0) is 99.0 Å². The molecular formula is C35H39F7N4O5S. The first kappa shape index (κ1) is 39.4. The van der Waals surface area contributed by atoms with E-state index in [9.17, 15) is 49.6 Å². The number of nitrogens with one attached hydrogen (secondary N) is 1. The second-order valence-electron chi connectivity index (χ2n) is 13.4. The fourth-order valence-electron chi connectivity index (χ4n) is 6.42. The maximum Gasteiger partial charge on any atom is 0.453 e. The van der Waals surface area contributed by atoms with E-state index in [4.69, 9.17) is 4.74 Å². The number of ether oxygens (including phenoxy) is 1. The van der Waals surface area contributed by atoms with Gasteiger partial charge >= 0.3 is 12.1 Å². The molecule has 0 aromatic heterocycles. The van der Waals surface area contributed by atoms with Gasteiger partial charge in [0.25, 0.3) is 11.8 Å². The van der Waals surface area contributed by atoms with E-state index >= 15 is 0 Å². The summed E-state index contributed by atoms with van der Waals surface area (Å²) in [4.78, 5) is 32.4. The third-order valence-electron chi connectivity index (χ3n) is 9.72. The van der Waals surface area contributed by atoms with Crippen molar-refractivity contribution in [1.29, 1.82) is 0 Å². The first-order valence-corrected chi connectivity index (χ1v) is 17.9. The van der Waals surface area contributed by atoms with Gasteiger partial charge in [0, 0.05) is 49.1 Å². The molecule has 2 aromatic carbocycles. The summed E-state index contributed by atoms with van der Waals surface area (Å²) in [5.74, 6) is -6.68. The molecule has 17 heteroatoms. The second kappa shape index (κ2) is 15.3. The van der Waals surface area contributed by atoms with Crippen LogP contribution in [0.2, 0.25) is 0 Å². The van der Waals surface area contributed by atoms with E-state index in [-0.39, 0.29) is 69.2 Å². The van der Waals surface area contributed by atoms with E-state index in [0.717, 1.165) is 22.8 Å². The first-order chi connectivity index (χ1) is 24.4. The molecule has 2 N–H and O–H groups in total. The predicted molar refractivity (Wildman–Crippen MR) is 180 cm³/mol. The third kappa shape index (κ3) is 8.52. The molecule has 284 valence electrons. The van der Waals surface area contributed by atoms with Gasteiger partial charge in [-0.1, -0.05) is 0 Å². The van der Waals surface area contributed by atoms with E-state index in [1.54, 1.807) is 27.4 Å². The van der Waals surface area contributed by atoms with Crippen LogP contribution in [0.4, 0.5) is 30.7 Å². The van der Waals surface area contributed by atoms with Crippen molar-refractivity contribution >= 4 is 34.7 Å². The van der Waals surface area contributed by atoms with Crippen molar-refractivity contribution in [2.75, 3.05) is 39.5 Å². The van der Waals surface area contributed by atoms with Crippen LogP contribution in [0, 0.1) is 19.7 Å². The Balaban J connectivity index is 1.18. The van der Waals surface area contributed by atoms with E-state index < -0.39 is 77.8 Å². The lowest BCUT2D eigenvalue weighted by atomic mass is 9.89. The summed E-state index contributed by atoms with van der Waals surface area (Å²) in [6.45, 7) is 3.21. The van der Waals surface area contributed by atoms with Crippen molar-refractivity contribution in [3.05, 3.63) is 69.4 Å². The van der Waals surface area contributed by atoms with Crippen LogP contribution < -0.4 is 10.1 Å². The van der Waals surface area contributed by atoms with Gasteiger partial charge < -0.3 is 20.1 Å². The number of halogens is 7. The zero-order valence-corrected chi connectivity index (χ0v) is 29.3. The Morgan fingerprint density at radius 1 is 1.04 bits per heavy atom. The third-order valence-corrected chi connectivity index (χ3v) is 11.0. The molecule has 3 heterocycles. The van der Waals surface area contributed by atoms with Gasteiger partial charge in [0.1, 0.15) is 29.0 Å². The van der Waals surface area contributed by atoms with Crippen LogP contribution in [0.3, 0.4) is 0 Å². The summed E-state index contributed by atoms with van der Waals surface area (Å²) in [6.07, 6.45) is -5.43. The van der Waals surface area contributed by atoms with Crippen molar-refractivity contribution in [3.8, 4) is 5.75 Å². The van der Waals surface area contributed by atoms with Crippen LogP contribution in [-0.4, -0.2) is 98.9 Å². The molecule has 3 aliphatic rings. The smallest absolute Gasteiger partial charge is 0.453 e. The van der Waals surface area contributed by atoms with Crippen LogP contribution in [0.1, 0.15) is 71.1 Å². The Morgan fingerprint density at radius 3 is 2.27 bits per heavy atom. The first-order valence-electron chi connectivity index (χ1n) is 16.7. The molecule has 5 rings (SSSR count). The van der Waals surface area contributed by atoms with Crippen LogP contribution in [-0.2, 0) is 15.8 Å². The minimum Gasteiger partial charge on any atom is -0.490 e. The standard InChI is InChI=1S/C35H39F7N4O5S/c1-22-18-25(30(47)45-12-8-32(49,21-36)9-13-45)19-23(2)26(22)6-17-52(50)46-14-10-33(11-15-46)31(48)43-29(44-33)24-4-5-27(37)28(20-24)51-16-3-7-34(38,39)35(40,41)42/h4-6,17-20,49H,3,7-16,21H2,1-2H3,(H,43,44,48)/b17-6+. The molecule has 2 fully saturated rings. The average molecular weight is 761 g/mol. The van der Waals surface area contributed by atoms with Crippen molar-refractivity contribution in [2.24, 2.45) is 4.99 Å². The van der Waals surface area contributed by atoms with E-state index in [0.29, 0.717) is 5.56 Å². The van der Waals surface area contributed by atoms with Crippen molar-refractivity contribution in [3.63, 3.8) is 0 Å².